The van der Waals surface area contributed by atoms with Crippen molar-refractivity contribution >= 4 is 5.91 Å². The van der Waals surface area contributed by atoms with Gasteiger partial charge in [-0.3, -0.25) is 4.79 Å². The quantitative estimate of drug-likeness (QED) is 0.691. The van der Waals surface area contributed by atoms with Gasteiger partial charge in [0.25, 0.3) is 0 Å². The SMILES string of the molecule is CCc1ccc(C[C@@H](N)C(=O)NCc2cccc(CN)c2)cc1CC. The van der Waals surface area contributed by atoms with Crippen molar-refractivity contribution in [2.45, 2.75) is 52.2 Å². The first kappa shape index (κ1) is 19.2. The Kier molecular flexibility index (Phi) is 7.16. The van der Waals surface area contributed by atoms with E-state index >= 15 is 0 Å². The molecule has 134 valence electrons. The van der Waals surface area contributed by atoms with Crippen LogP contribution in [0, 0.1) is 0 Å². The van der Waals surface area contributed by atoms with E-state index in [1.807, 2.05) is 24.3 Å². The van der Waals surface area contributed by atoms with Crippen LogP contribution in [0.3, 0.4) is 0 Å². The monoisotopic (exact) mass is 339 g/mol. The molecule has 0 aliphatic carbocycles. The normalized spacial score (nSPS) is 12.0. The number of benzene rings is 2. The van der Waals surface area contributed by atoms with Gasteiger partial charge in [-0.2, -0.15) is 0 Å². The van der Waals surface area contributed by atoms with E-state index in [2.05, 4.69) is 37.4 Å². The van der Waals surface area contributed by atoms with E-state index in [9.17, 15) is 4.79 Å². The largest absolute Gasteiger partial charge is 0.351 e. The number of nitrogens with two attached hydrogens (primary N) is 2. The summed E-state index contributed by atoms with van der Waals surface area (Å²) in [5.74, 6) is -0.129. The van der Waals surface area contributed by atoms with E-state index in [0.29, 0.717) is 19.5 Å². The summed E-state index contributed by atoms with van der Waals surface area (Å²) in [6.45, 7) is 5.28. The molecule has 0 heterocycles. The Morgan fingerprint density at radius 1 is 1.00 bits per heavy atom. The average Bonchev–Trinajstić information content (AvgIpc) is 2.65. The maximum atomic E-state index is 12.3. The zero-order valence-electron chi connectivity index (χ0n) is 15.2. The molecule has 1 atom stereocenters. The smallest absolute Gasteiger partial charge is 0.237 e. The highest BCUT2D eigenvalue weighted by Crippen LogP contribution is 2.15. The van der Waals surface area contributed by atoms with Gasteiger partial charge >= 0.3 is 0 Å². The predicted octanol–water partition coefficient (Wildman–Crippen LogP) is 2.46. The second-order valence-electron chi connectivity index (χ2n) is 6.36. The maximum Gasteiger partial charge on any atom is 0.237 e. The molecule has 0 saturated heterocycles. The zero-order valence-corrected chi connectivity index (χ0v) is 15.2. The van der Waals surface area contributed by atoms with Gasteiger partial charge in [-0.05, 0) is 47.1 Å². The molecule has 0 radical (unpaired) electrons. The topological polar surface area (TPSA) is 81.1 Å². The van der Waals surface area contributed by atoms with Gasteiger partial charge in [0.1, 0.15) is 0 Å². The van der Waals surface area contributed by atoms with Gasteiger partial charge in [-0.1, -0.05) is 56.3 Å². The molecule has 0 unspecified atom stereocenters. The number of nitrogens with one attached hydrogen (secondary N) is 1. The highest BCUT2D eigenvalue weighted by molar-refractivity contribution is 5.81. The van der Waals surface area contributed by atoms with Crippen molar-refractivity contribution in [3.63, 3.8) is 0 Å². The number of hydrogen-bond acceptors (Lipinski definition) is 3. The number of carbonyl (C=O) groups excluding carboxylic acids is 1. The van der Waals surface area contributed by atoms with Gasteiger partial charge in [-0.15, -0.1) is 0 Å². The standard InChI is InChI=1S/C21H29N3O/c1-3-18-9-8-15(11-19(18)4-2)12-20(23)21(25)24-14-17-7-5-6-16(10-17)13-22/h5-11,20H,3-4,12-14,22-23H2,1-2H3,(H,24,25)/t20-/m1/s1. The molecule has 1 amide bonds. The Morgan fingerprint density at radius 2 is 1.72 bits per heavy atom. The van der Waals surface area contributed by atoms with Gasteiger partial charge in [0.15, 0.2) is 0 Å². The maximum absolute atomic E-state index is 12.3. The van der Waals surface area contributed by atoms with Crippen LogP contribution in [-0.2, 0) is 37.1 Å². The van der Waals surface area contributed by atoms with E-state index in [4.69, 9.17) is 11.5 Å². The van der Waals surface area contributed by atoms with Crippen LogP contribution < -0.4 is 16.8 Å². The summed E-state index contributed by atoms with van der Waals surface area (Å²) >= 11 is 0. The molecule has 2 aromatic rings. The van der Waals surface area contributed by atoms with Gasteiger partial charge in [-0.25, -0.2) is 0 Å². The van der Waals surface area contributed by atoms with Crippen LogP contribution >= 0.6 is 0 Å². The number of amides is 1. The van der Waals surface area contributed by atoms with Gasteiger partial charge in [0.05, 0.1) is 6.04 Å². The highest BCUT2D eigenvalue weighted by Gasteiger charge is 2.14. The Bertz CT molecular complexity index is 712. The van der Waals surface area contributed by atoms with Crippen molar-refractivity contribution < 1.29 is 4.79 Å². The second-order valence-corrected chi connectivity index (χ2v) is 6.36. The third kappa shape index (κ3) is 5.41. The van der Waals surface area contributed by atoms with Crippen molar-refractivity contribution in [1.29, 1.82) is 0 Å². The van der Waals surface area contributed by atoms with Crippen molar-refractivity contribution in [3.8, 4) is 0 Å². The molecule has 2 aromatic carbocycles. The molecule has 0 aliphatic rings. The van der Waals surface area contributed by atoms with Crippen LogP contribution in [0.2, 0.25) is 0 Å². The fourth-order valence-corrected chi connectivity index (χ4v) is 3.01. The molecule has 25 heavy (non-hydrogen) atoms. The van der Waals surface area contributed by atoms with E-state index in [0.717, 1.165) is 29.5 Å². The first-order chi connectivity index (χ1) is 12.1. The molecule has 4 heteroatoms. The van der Waals surface area contributed by atoms with Crippen LogP contribution in [-0.4, -0.2) is 11.9 Å². The van der Waals surface area contributed by atoms with Crippen molar-refractivity contribution in [2.24, 2.45) is 11.5 Å². The minimum atomic E-state index is -0.546. The third-order valence-electron chi connectivity index (χ3n) is 4.52. The summed E-state index contributed by atoms with van der Waals surface area (Å²) in [7, 11) is 0. The van der Waals surface area contributed by atoms with Gasteiger partial charge in [0.2, 0.25) is 5.91 Å². The molecule has 4 nitrogen and oxygen atoms in total. The molecule has 0 aliphatic heterocycles. The summed E-state index contributed by atoms with van der Waals surface area (Å²) in [4.78, 5) is 12.3. The van der Waals surface area contributed by atoms with Crippen LogP contribution in [0.25, 0.3) is 0 Å². The second kappa shape index (κ2) is 9.35. The van der Waals surface area contributed by atoms with Crippen molar-refractivity contribution in [2.75, 3.05) is 0 Å². The van der Waals surface area contributed by atoms with Crippen LogP contribution in [0.4, 0.5) is 0 Å². The molecule has 0 aromatic heterocycles. The Hall–Kier alpha value is -2.17. The van der Waals surface area contributed by atoms with Gasteiger partial charge < -0.3 is 16.8 Å². The van der Waals surface area contributed by atoms with E-state index in [1.54, 1.807) is 0 Å². The van der Waals surface area contributed by atoms with Crippen LogP contribution in [0.1, 0.15) is 41.7 Å². The van der Waals surface area contributed by atoms with E-state index in [-0.39, 0.29) is 5.91 Å². The first-order valence-corrected chi connectivity index (χ1v) is 8.99. The molecule has 0 fully saturated rings. The van der Waals surface area contributed by atoms with Crippen molar-refractivity contribution in [1.82, 2.24) is 5.32 Å². The number of aryl methyl sites for hydroxylation is 2. The molecule has 0 saturated carbocycles. The predicted molar refractivity (Wildman–Crippen MR) is 103 cm³/mol. The lowest BCUT2D eigenvalue weighted by Gasteiger charge is -2.14. The summed E-state index contributed by atoms with van der Waals surface area (Å²) < 4.78 is 0. The Balaban J connectivity index is 1.93. The van der Waals surface area contributed by atoms with E-state index < -0.39 is 6.04 Å². The molecule has 0 bridgehead atoms. The number of hydrogen-bond donors (Lipinski definition) is 3. The lowest BCUT2D eigenvalue weighted by Crippen LogP contribution is -2.41. The van der Waals surface area contributed by atoms with E-state index in [1.165, 1.54) is 11.1 Å². The Labute approximate surface area is 150 Å². The summed E-state index contributed by atoms with van der Waals surface area (Å²) in [6.07, 6.45) is 2.57. The first-order valence-electron chi connectivity index (χ1n) is 8.99. The number of rotatable bonds is 8. The fourth-order valence-electron chi connectivity index (χ4n) is 3.01. The summed E-state index contributed by atoms with van der Waals surface area (Å²) in [5, 5.41) is 2.92. The number of carbonyl (C=O) groups is 1. The third-order valence-corrected chi connectivity index (χ3v) is 4.52. The summed E-state index contributed by atoms with van der Waals surface area (Å²) in [6, 6.07) is 13.8. The summed E-state index contributed by atoms with van der Waals surface area (Å²) in [5.41, 5.74) is 17.6. The van der Waals surface area contributed by atoms with Gasteiger partial charge in [0, 0.05) is 13.1 Å². The van der Waals surface area contributed by atoms with Crippen molar-refractivity contribution in [3.05, 3.63) is 70.3 Å². The Morgan fingerprint density at radius 3 is 2.40 bits per heavy atom. The highest BCUT2D eigenvalue weighted by atomic mass is 16.2. The average molecular weight is 339 g/mol. The molecule has 5 N–H and O–H groups in total. The molecular formula is C21H29N3O. The molecule has 0 spiro atoms. The fraction of sp³-hybridized carbons (Fsp3) is 0.381. The molecule has 2 rings (SSSR count). The lowest BCUT2D eigenvalue weighted by atomic mass is 9.97. The lowest BCUT2D eigenvalue weighted by molar-refractivity contribution is -0.122. The van der Waals surface area contributed by atoms with Crippen LogP contribution in [0.5, 0.6) is 0 Å². The zero-order chi connectivity index (χ0) is 18.2. The van der Waals surface area contributed by atoms with Crippen LogP contribution in [0.15, 0.2) is 42.5 Å². The minimum Gasteiger partial charge on any atom is -0.351 e. The molecular weight excluding hydrogens is 310 g/mol. The minimum absolute atomic E-state index is 0.129.